The van der Waals surface area contributed by atoms with Crippen molar-refractivity contribution in [1.29, 1.82) is 0 Å². The number of carbonyl (C=O) groups excluding carboxylic acids is 1. The number of hydrogen-bond donors (Lipinski definition) is 0. The van der Waals surface area contributed by atoms with Gasteiger partial charge in [-0.1, -0.05) is 38.2 Å². The van der Waals surface area contributed by atoms with Crippen molar-refractivity contribution in [1.82, 2.24) is 0 Å². The van der Waals surface area contributed by atoms with Gasteiger partial charge in [0.1, 0.15) is 5.78 Å². The maximum absolute atomic E-state index is 12.0. The average molecular weight is 218 g/mol. The zero-order chi connectivity index (χ0) is 11.5. The van der Waals surface area contributed by atoms with Crippen molar-refractivity contribution in [2.45, 2.75) is 39.5 Å². The molecule has 0 amide bonds. The monoisotopic (exact) mass is 218 g/mol. The van der Waals surface area contributed by atoms with Crippen molar-refractivity contribution < 1.29 is 4.79 Å². The first-order valence-electron chi connectivity index (χ1n) is 6.52. The van der Waals surface area contributed by atoms with E-state index < -0.39 is 0 Å². The van der Waals surface area contributed by atoms with E-state index in [1.165, 1.54) is 0 Å². The van der Waals surface area contributed by atoms with Gasteiger partial charge >= 0.3 is 0 Å². The number of hydrogen-bond acceptors (Lipinski definition) is 1. The molecule has 0 saturated carbocycles. The van der Waals surface area contributed by atoms with Crippen molar-refractivity contribution in [3.63, 3.8) is 0 Å². The molecule has 0 aromatic carbocycles. The van der Waals surface area contributed by atoms with Gasteiger partial charge in [-0.05, 0) is 36.5 Å². The van der Waals surface area contributed by atoms with E-state index in [-0.39, 0.29) is 0 Å². The number of ketones is 1. The highest BCUT2D eigenvalue weighted by atomic mass is 16.1. The minimum atomic E-state index is 0.473. The summed E-state index contributed by atoms with van der Waals surface area (Å²) in [6.45, 7) is 4.45. The Hall–Kier alpha value is -0.850. The molecule has 2 rings (SSSR count). The predicted molar refractivity (Wildman–Crippen MR) is 67.1 cm³/mol. The zero-order valence-corrected chi connectivity index (χ0v) is 10.4. The molecule has 0 fully saturated rings. The van der Waals surface area contributed by atoms with Crippen LogP contribution in [0.3, 0.4) is 0 Å². The van der Waals surface area contributed by atoms with Crippen molar-refractivity contribution in [3.05, 3.63) is 24.3 Å². The van der Waals surface area contributed by atoms with Gasteiger partial charge in [-0.15, -0.1) is 0 Å². The molecule has 0 aromatic rings. The summed E-state index contributed by atoms with van der Waals surface area (Å²) in [6.07, 6.45) is 12.7. The Morgan fingerprint density at radius 2 is 1.44 bits per heavy atom. The van der Waals surface area contributed by atoms with Crippen LogP contribution in [0.25, 0.3) is 0 Å². The van der Waals surface area contributed by atoms with Crippen LogP contribution >= 0.6 is 0 Å². The minimum Gasteiger partial charge on any atom is -0.300 e. The van der Waals surface area contributed by atoms with Crippen LogP contribution in [0.5, 0.6) is 0 Å². The average Bonchev–Trinajstić information content (AvgIpc) is 2.79. The molecule has 1 nitrogen and oxygen atoms in total. The predicted octanol–water partition coefficient (Wildman–Crippen LogP) is 3.76. The maximum atomic E-state index is 12.0. The molecule has 0 N–H and O–H groups in total. The van der Waals surface area contributed by atoms with Crippen molar-refractivity contribution in [2.75, 3.05) is 0 Å². The van der Waals surface area contributed by atoms with Gasteiger partial charge in [0.2, 0.25) is 0 Å². The fraction of sp³-hybridized carbons (Fsp3) is 0.667. The van der Waals surface area contributed by atoms with Crippen molar-refractivity contribution >= 4 is 5.78 Å². The SMILES string of the molecule is CC1C=CCC1CC(=O)CC1CC=CC1C. The Morgan fingerprint density at radius 1 is 1.00 bits per heavy atom. The lowest BCUT2D eigenvalue weighted by Gasteiger charge is -2.18. The largest absolute Gasteiger partial charge is 0.300 e. The van der Waals surface area contributed by atoms with Gasteiger partial charge in [0.15, 0.2) is 0 Å². The molecule has 2 aliphatic rings. The van der Waals surface area contributed by atoms with Gasteiger partial charge < -0.3 is 0 Å². The van der Waals surface area contributed by atoms with E-state index in [1.807, 2.05) is 0 Å². The van der Waals surface area contributed by atoms with Crippen molar-refractivity contribution in [3.8, 4) is 0 Å². The normalized spacial score (nSPS) is 37.1. The van der Waals surface area contributed by atoms with Crippen LogP contribution in [0.4, 0.5) is 0 Å². The molecule has 88 valence electrons. The van der Waals surface area contributed by atoms with Crippen LogP contribution in [0.2, 0.25) is 0 Å². The van der Waals surface area contributed by atoms with E-state index in [1.54, 1.807) is 0 Å². The standard InChI is InChI=1S/C15H22O/c1-11-5-3-7-13(11)9-15(16)10-14-8-4-6-12(14)2/h3-6,11-14H,7-10H2,1-2H3. The molecule has 2 aliphatic carbocycles. The quantitative estimate of drug-likeness (QED) is 0.657. The van der Waals surface area contributed by atoms with Crippen LogP contribution in [0.15, 0.2) is 24.3 Å². The highest BCUT2D eigenvalue weighted by Crippen LogP contribution is 2.32. The maximum Gasteiger partial charge on any atom is 0.133 e. The summed E-state index contributed by atoms with van der Waals surface area (Å²) in [5, 5.41) is 0. The third-order valence-corrected chi connectivity index (χ3v) is 4.22. The van der Waals surface area contributed by atoms with Gasteiger partial charge in [0, 0.05) is 12.8 Å². The smallest absolute Gasteiger partial charge is 0.133 e. The lowest BCUT2D eigenvalue weighted by Crippen LogP contribution is -2.16. The Labute approximate surface area is 98.6 Å². The van der Waals surface area contributed by atoms with Crippen molar-refractivity contribution in [2.24, 2.45) is 23.7 Å². The first-order valence-corrected chi connectivity index (χ1v) is 6.52. The third-order valence-electron chi connectivity index (χ3n) is 4.22. The second-order valence-corrected chi connectivity index (χ2v) is 5.51. The lowest BCUT2D eigenvalue weighted by molar-refractivity contribution is -0.121. The molecule has 4 unspecified atom stereocenters. The van der Waals surface area contributed by atoms with Gasteiger partial charge in [-0.25, -0.2) is 0 Å². The number of Topliss-reactive ketones (excluding diaryl/α,β-unsaturated/α-hetero) is 1. The van der Waals surface area contributed by atoms with Crippen LogP contribution in [-0.4, -0.2) is 5.78 Å². The Morgan fingerprint density at radius 3 is 1.75 bits per heavy atom. The summed E-state index contributed by atoms with van der Waals surface area (Å²) in [6, 6.07) is 0. The minimum absolute atomic E-state index is 0.473. The van der Waals surface area contributed by atoms with Gasteiger partial charge in [0.25, 0.3) is 0 Å². The fourth-order valence-electron chi connectivity index (χ4n) is 2.89. The van der Waals surface area contributed by atoms with E-state index in [0.29, 0.717) is 29.5 Å². The van der Waals surface area contributed by atoms with Crippen LogP contribution in [-0.2, 0) is 4.79 Å². The molecule has 0 saturated heterocycles. The first kappa shape index (κ1) is 11.6. The summed E-state index contributed by atoms with van der Waals surface area (Å²) >= 11 is 0. The Kier molecular flexibility index (Phi) is 3.63. The Balaban J connectivity index is 1.76. The van der Waals surface area contributed by atoms with Gasteiger partial charge in [-0.2, -0.15) is 0 Å². The summed E-state index contributed by atoms with van der Waals surface area (Å²) < 4.78 is 0. The Bertz CT molecular complexity index is 283. The number of allylic oxidation sites excluding steroid dienone is 4. The van der Waals surface area contributed by atoms with Gasteiger partial charge in [0.05, 0.1) is 0 Å². The molecular weight excluding hydrogens is 196 g/mol. The molecule has 0 aromatic heterocycles. The van der Waals surface area contributed by atoms with E-state index >= 15 is 0 Å². The number of rotatable bonds is 4. The lowest BCUT2D eigenvalue weighted by atomic mass is 9.86. The molecule has 0 radical (unpaired) electrons. The molecule has 0 bridgehead atoms. The second kappa shape index (κ2) is 4.99. The summed E-state index contributed by atoms with van der Waals surface area (Å²) in [7, 11) is 0. The fourth-order valence-corrected chi connectivity index (χ4v) is 2.89. The highest BCUT2D eigenvalue weighted by molar-refractivity contribution is 5.79. The molecule has 1 heteroatoms. The van der Waals surface area contributed by atoms with Crippen LogP contribution in [0, 0.1) is 23.7 Å². The summed E-state index contributed by atoms with van der Waals surface area (Å²) in [5.41, 5.74) is 0. The third kappa shape index (κ3) is 2.63. The van der Waals surface area contributed by atoms with E-state index in [9.17, 15) is 4.79 Å². The zero-order valence-electron chi connectivity index (χ0n) is 10.4. The highest BCUT2D eigenvalue weighted by Gasteiger charge is 2.25. The topological polar surface area (TPSA) is 17.1 Å². The first-order chi connectivity index (χ1) is 7.66. The summed E-state index contributed by atoms with van der Waals surface area (Å²) in [4.78, 5) is 12.0. The molecule has 0 aliphatic heterocycles. The summed E-state index contributed by atoms with van der Waals surface area (Å²) in [5.74, 6) is 2.83. The van der Waals surface area contributed by atoms with E-state index in [2.05, 4.69) is 38.2 Å². The molecule has 0 heterocycles. The second-order valence-electron chi connectivity index (χ2n) is 5.51. The van der Waals surface area contributed by atoms with Crippen LogP contribution < -0.4 is 0 Å². The molecule has 16 heavy (non-hydrogen) atoms. The van der Waals surface area contributed by atoms with E-state index in [0.717, 1.165) is 25.7 Å². The van der Waals surface area contributed by atoms with Crippen LogP contribution in [0.1, 0.15) is 39.5 Å². The van der Waals surface area contributed by atoms with Gasteiger partial charge in [-0.3, -0.25) is 4.79 Å². The molecule has 0 spiro atoms. The van der Waals surface area contributed by atoms with E-state index in [4.69, 9.17) is 0 Å². The molecule has 4 atom stereocenters. The number of carbonyl (C=O) groups is 1. The molecular formula is C15H22O.